The topological polar surface area (TPSA) is 47.1 Å². The zero-order valence-electron chi connectivity index (χ0n) is 10.1. The number of anilines is 1. The van der Waals surface area contributed by atoms with Gasteiger partial charge in [0.05, 0.1) is 0 Å². The Morgan fingerprint density at radius 3 is 3.19 bits per heavy atom. The van der Waals surface area contributed by atoms with Crippen molar-refractivity contribution in [2.45, 2.75) is 45.2 Å². The predicted molar refractivity (Wildman–Crippen MR) is 66.6 cm³/mol. The molecule has 1 aromatic heterocycles. The van der Waals surface area contributed by atoms with Crippen molar-refractivity contribution in [1.29, 1.82) is 0 Å². The fourth-order valence-electron chi connectivity index (χ4n) is 2.56. The lowest BCUT2D eigenvalue weighted by Gasteiger charge is -2.26. The van der Waals surface area contributed by atoms with E-state index >= 15 is 0 Å². The lowest BCUT2D eigenvalue weighted by Crippen LogP contribution is -2.32. The summed E-state index contributed by atoms with van der Waals surface area (Å²) in [6, 6.07) is 0.649. The van der Waals surface area contributed by atoms with Gasteiger partial charge in [-0.1, -0.05) is 0 Å². The summed E-state index contributed by atoms with van der Waals surface area (Å²) in [6.07, 6.45) is 8.86. The molecule has 1 unspecified atom stereocenters. The van der Waals surface area contributed by atoms with E-state index in [0.29, 0.717) is 6.04 Å². The molecule has 90 valence electrons. The highest BCUT2D eigenvalue weighted by atomic mass is 15.3. The third-order valence-electron chi connectivity index (χ3n) is 3.41. The maximum absolute atomic E-state index is 5.59. The van der Waals surface area contributed by atoms with E-state index < -0.39 is 0 Å². The molecule has 1 fully saturated rings. The molecule has 0 spiro atoms. The Hall–Kier alpha value is -1.03. The number of hydrogen-bond donors (Lipinski definition) is 1. The number of rotatable bonds is 5. The van der Waals surface area contributed by atoms with Crippen LogP contribution in [-0.2, 0) is 6.54 Å². The lowest BCUT2D eigenvalue weighted by molar-refractivity contribution is 0.568. The molecule has 1 aliphatic heterocycles. The molecule has 1 aliphatic rings. The van der Waals surface area contributed by atoms with E-state index in [-0.39, 0.29) is 0 Å². The fourth-order valence-corrected chi connectivity index (χ4v) is 2.56. The van der Waals surface area contributed by atoms with Crippen LogP contribution >= 0.6 is 0 Å². The van der Waals surface area contributed by atoms with E-state index in [2.05, 4.69) is 27.6 Å². The Kier molecular flexibility index (Phi) is 3.83. The molecule has 1 aromatic rings. The molecule has 4 nitrogen and oxygen atoms in total. The monoisotopic (exact) mass is 222 g/mol. The van der Waals surface area contributed by atoms with Crippen molar-refractivity contribution in [2.75, 3.05) is 18.0 Å². The average molecular weight is 222 g/mol. The summed E-state index contributed by atoms with van der Waals surface area (Å²) in [5.74, 6) is 1.14. The van der Waals surface area contributed by atoms with E-state index in [1.165, 1.54) is 19.3 Å². The van der Waals surface area contributed by atoms with Crippen LogP contribution in [0.25, 0.3) is 0 Å². The normalized spacial score (nSPS) is 20.6. The molecule has 0 amide bonds. The molecule has 0 saturated carbocycles. The molecule has 1 atom stereocenters. The van der Waals surface area contributed by atoms with Crippen LogP contribution in [0.5, 0.6) is 0 Å². The molecule has 0 aliphatic carbocycles. The average Bonchev–Trinajstić information content (AvgIpc) is 2.93. The van der Waals surface area contributed by atoms with Gasteiger partial charge in [-0.05, 0) is 39.2 Å². The number of hydrogen-bond acceptors (Lipinski definition) is 3. The summed E-state index contributed by atoms with van der Waals surface area (Å²) in [4.78, 5) is 6.94. The lowest BCUT2D eigenvalue weighted by atomic mass is 10.1. The van der Waals surface area contributed by atoms with Gasteiger partial charge in [-0.3, -0.25) is 0 Å². The van der Waals surface area contributed by atoms with Gasteiger partial charge in [-0.15, -0.1) is 0 Å². The van der Waals surface area contributed by atoms with Gasteiger partial charge in [0.1, 0.15) is 0 Å². The first-order valence-corrected chi connectivity index (χ1v) is 6.34. The molecule has 2 heterocycles. The number of aromatic nitrogens is 2. The Balaban J connectivity index is 2.07. The van der Waals surface area contributed by atoms with Crippen LogP contribution in [0.1, 0.15) is 32.6 Å². The van der Waals surface area contributed by atoms with Crippen molar-refractivity contribution in [3.05, 3.63) is 12.4 Å². The number of imidazole rings is 1. The number of nitrogens with two attached hydrogens (primary N) is 1. The van der Waals surface area contributed by atoms with Crippen LogP contribution in [0.3, 0.4) is 0 Å². The summed E-state index contributed by atoms with van der Waals surface area (Å²) in [5.41, 5.74) is 5.59. The van der Waals surface area contributed by atoms with Gasteiger partial charge in [0.15, 0.2) is 0 Å². The van der Waals surface area contributed by atoms with Gasteiger partial charge in [0.2, 0.25) is 5.95 Å². The van der Waals surface area contributed by atoms with Crippen LogP contribution in [0.2, 0.25) is 0 Å². The minimum absolute atomic E-state index is 0.649. The van der Waals surface area contributed by atoms with Crippen LogP contribution in [0.15, 0.2) is 12.4 Å². The number of aryl methyl sites for hydroxylation is 1. The first kappa shape index (κ1) is 11.5. The first-order chi connectivity index (χ1) is 7.86. The van der Waals surface area contributed by atoms with Crippen LogP contribution in [0.4, 0.5) is 5.95 Å². The summed E-state index contributed by atoms with van der Waals surface area (Å²) >= 11 is 0. The SMILES string of the molecule is CCn1ccnc1N1CCCC1CCCN. The van der Waals surface area contributed by atoms with Gasteiger partial charge in [0, 0.05) is 31.5 Å². The number of nitrogens with zero attached hydrogens (tertiary/aromatic N) is 3. The summed E-state index contributed by atoms with van der Waals surface area (Å²) < 4.78 is 2.22. The molecule has 1 saturated heterocycles. The summed E-state index contributed by atoms with van der Waals surface area (Å²) in [7, 11) is 0. The highest BCUT2D eigenvalue weighted by Gasteiger charge is 2.26. The molecular formula is C12H22N4. The second-order valence-electron chi connectivity index (χ2n) is 4.43. The quantitative estimate of drug-likeness (QED) is 0.823. The fraction of sp³-hybridized carbons (Fsp3) is 0.750. The Morgan fingerprint density at radius 1 is 1.56 bits per heavy atom. The van der Waals surface area contributed by atoms with Gasteiger partial charge >= 0.3 is 0 Å². The minimum atomic E-state index is 0.649. The molecule has 2 N–H and O–H groups in total. The van der Waals surface area contributed by atoms with Crippen molar-refractivity contribution in [1.82, 2.24) is 9.55 Å². The maximum Gasteiger partial charge on any atom is 0.205 e. The Labute approximate surface area is 97.4 Å². The van der Waals surface area contributed by atoms with E-state index in [4.69, 9.17) is 5.73 Å². The molecule has 2 rings (SSSR count). The molecule has 0 aromatic carbocycles. The van der Waals surface area contributed by atoms with E-state index in [0.717, 1.165) is 32.0 Å². The Morgan fingerprint density at radius 2 is 2.44 bits per heavy atom. The van der Waals surface area contributed by atoms with Crippen molar-refractivity contribution in [3.63, 3.8) is 0 Å². The zero-order chi connectivity index (χ0) is 11.4. The van der Waals surface area contributed by atoms with Gasteiger partial charge in [-0.25, -0.2) is 4.98 Å². The van der Waals surface area contributed by atoms with Crippen molar-refractivity contribution < 1.29 is 0 Å². The van der Waals surface area contributed by atoms with E-state index in [1.807, 2.05) is 6.20 Å². The molecule has 0 bridgehead atoms. The molecule has 4 heteroatoms. The van der Waals surface area contributed by atoms with Crippen LogP contribution in [0, 0.1) is 0 Å². The third-order valence-corrected chi connectivity index (χ3v) is 3.41. The maximum atomic E-state index is 5.59. The highest BCUT2D eigenvalue weighted by molar-refractivity contribution is 5.34. The summed E-state index contributed by atoms with van der Waals surface area (Å²) in [6.45, 7) is 5.10. The standard InChI is InChI=1S/C12H22N4/c1-2-15-10-8-14-12(15)16-9-4-6-11(16)5-3-7-13/h8,10-11H,2-7,9,13H2,1H3. The zero-order valence-corrected chi connectivity index (χ0v) is 10.1. The smallest absolute Gasteiger partial charge is 0.205 e. The van der Waals surface area contributed by atoms with Gasteiger partial charge < -0.3 is 15.2 Å². The van der Waals surface area contributed by atoms with Gasteiger partial charge in [0.25, 0.3) is 0 Å². The summed E-state index contributed by atoms with van der Waals surface area (Å²) in [5, 5.41) is 0. The molecule has 16 heavy (non-hydrogen) atoms. The highest BCUT2D eigenvalue weighted by Crippen LogP contribution is 2.26. The molecule has 0 radical (unpaired) electrons. The van der Waals surface area contributed by atoms with Crippen molar-refractivity contribution in [2.24, 2.45) is 5.73 Å². The van der Waals surface area contributed by atoms with E-state index in [1.54, 1.807) is 0 Å². The van der Waals surface area contributed by atoms with Gasteiger partial charge in [-0.2, -0.15) is 0 Å². The van der Waals surface area contributed by atoms with Crippen LogP contribution < -0.4 is 10.6 Å². The third kappa shape index (κ3) is 2.21. The predicted octanol–water partition coefficient (Wildman–Crippen LogP) is 1.61. The largest absolute Gasteiger partial charge is 0.339 e. The second kappa shape index (κ2) is 5.34. The van der Waals surface area contributed by atoms with Crippen molar-refractivity contribution >= 4 is 5.95 Å². The minimum Gasteiger partial charge on any atom is -0.339 e. The van der Waals surface area contributed by atoms with Crippen molar-refractivity contribution in [3.8, 4) is 0 Å². The second-order valence-corrected chi connectivity index (χ2v) is 4.43. The van der Waals surface area contributed by atoms with E-state index in [9.17, 15) is 0 Å². The Bertz CT molecular complexity index is 321. The van der Waals surface area contributed by atoms with Crippen LogP contribution in [-0.4, -0.2) is 28.7 Å². The first-order valence-electron chi connectivity index (χ1n) is 6.34. The molecular weight excluding hydrogens is 200 g/mol.